The molecule has 0 saturated carbocycles. The standard InChI is InChI=1S/C8H9NO2/c1-10-6-7-11-8-2-4-9-5-3-8/h2,4H,6-7H2,1H3. The number of rotatable bonds is 4. The molecule has 0 aliphatic carbocycles. The Morgan fingerprint density at radius 3 is 3.09 bits per heavy atom. The third-order valence-electron chi connectivity index (χ3n) is 1.09. The fraction of sp³-hybridized carbons (Fsp3) is 0.375. The van der Waals surface area contributed by atoms with E-state index >= 15 is 0 Å². The van der Waals surface area contributed by atoms with Crippen molar-refractivity contribution in [2.45, 2.75) is 0 Å². The molecule has 0 aliphatic heterocycles. The van der Waals surface area contributed by atoms with Gasteiger partial charge in [-0.25, -0.2) is 0 Å². The van der Waals surface area contributed by atoms with Gasteiger partial charge in [-0.1, -0.05) is 0 Å². The Labute approximate surface area is 66.0 Å². The lowest BCUT2D eigenvalue weighted by Gasteiger charge is -2.02. The first-order valence-electron chi connectivity index (χ1n) is 3.29. The molecule has 0 fully saturated rings. The zero-order valence-electron chi connectivity index (χ0n) is 6.33. The highest BCUT2D eigenvalue weighted by atomic mass is 16.5. The van der Waals surface area contributed by atoms with Crippen molar-refractivity contribution >= 4 is 0 Å². The van der Waals surface area contributed by atoms with Gasteiger partial charge in [-0.3, -0.25) is 4.98 Å². The number of hydrogen-bond donors (Lipinski definition) is 0. The zero-order chi connectivity index (χ0) is 7.94. The Bertz CT molecular complexity index is 189. The molecule has 0 spiro atoms. The molecule has 2 radical (unpaired) electrons. The monoisotopic (exact) mass is 151 g/mol. The highest BCUT2D eigenvalue weighted by Crippen LogP contribution is 2.04. The lowest BCUT2D eigenvalue weighted by molar-refractivity contribution is 0.146. The number of ether oxygens (including phenoxy) is 2. The predicted molar refractivity (Wildman–Crippen MR) is 39.3 cm³/mol. The van der Waals surface area contributed by atoms with Crippen LogP contribution in [0.2, 0.25) is 0 Å². The molecule has 0 N–H and O–H groups in total. The third kappa shape index (κ3) is 3.00. The number of hydrogen-bond acceptors (Lipinski definition) is 3. The maximum absolute atomic E-state index is 5.19. The van der Waals surface area contributed by atoms with Crippen molar-refractivity contribution < 1.29 is 9.47 Å². The van der Waals surface area contributed by atoms with Gasteiger partial charge in [0.25, 0.3) is 0 Å². The van der Waals surface area contributed by atoms with Crippen LogP contribution < -0.4 is 4.74 Å². The predicted octanol–water partition coefficient (Wildman–Crippen LogP) is 0.707. The minimum Gasteiger partial charge on any atom is -0.490 e. The van der Waals surface area contributed by atoms with Crippen LogP contribution in [0, 0.1) is 12.3 Å². The van der Waals surface area contributed by atoms with Gasteiger partial charge >= 0.3 is 0 Å². The number of methoxy groups -OCH3 is 1. The summed E-state index contributed by atoms with van der Waals surface area (Å²) in [6.07, 6.45) is 4.16. The van der Waals surface area contributed by atoms with E-state index in [0.717, 1.165) is 0 Å². The molecule has 0 aromatic carbocycles. The van der Waals surface area contributed by atoms with Gasteiger partial charge in [0.2, 0.25) is 0 Å². The third-order valence-corrected chi connectivity index (χ3v) is 1.09. The SMILES string of the molecule is COCCOc1[c][c]ncc1. The topological polar surface area (TPSA) is 31.4 Å². The highest BCUT2D eigenvalue weighted by Gasteiger charge is 1.90. The number of nitrogens with zero attached hydrogens (tertiary/aromatic N) is 1. The minimum absolute atomic E-state index is 0.533. The maximum Gasteiger partial charge on any atom is 0.131 e. The molecule has 0 aliphatic rings. The summed E-state index contributed by atoms with van der Waals surface area (Å²) in [6.45, 7) is 1.11. The zero-order valence-corrected chi connectivity index (χ0v) is 6.33. The molecular formula is C8H9NO2. The number of pyridine rings is 1. The lowest BCUT2D eigenvalue weighted by atomic mass is 10.4. The summed E-state index contributed by atoms with van der Waals surface area (Å²) in [4.78, 5) is 3.68. The van der Waals surface area contributed by atoms with Crippen molar-refractivity contribution in [2.24, 2.45) is 0 Å². The van der Waals surface area contributed by atoms with Gasteiger partial charge < -0.3 is 9.47 Å². The summed E-state index contributed by atoms with van der Waals surface area (Å²) in [6, 6.07) is 4.44. The first-order chi connectivity index (χ1) is 5.43. The van der Waals surface area contributed by atoms with E-state index in [2.05, 4.69) is 17.2 Å². The first-order valence-corrected chi connectivity index (χ1v) is 3.29. The van der Waals surface area contributed by atoms with Gasteiger partial charge in [-0.2, -0.15) is 0 Å². The van der Waals surface area contributed by atoms with E-state index in [4.69, 9.17) is 9.47 Å². The van der Waals surface area contributed by atoms with E-state index in [1.54, 1.807) is 19.4 Å². The quantitative estimate of drug-likeness (QED) is 0.594. The van der Waals surface area contributed by atoms with E-state index in [0.29, 0.717) is 19.0 Å². The van der Waals surface area contributed by atoms with Crippen LogP contribution >= 0.6 is 0 Å². The average Bonchev–Trinajstić information content (AvgIpc) is 2.07. The molecule has 0 saturated heterocycles. The molecule has 3 heteroatoms. The summed E-state index contributed by atoms with van der Waals surface area (Å²) < 4.78 is 9.99. The smallest absolute Gasteiger partial charge is 0.131 e. The fourth-order valence-electron chi connectivity index (χ4n) is 0.590. The molecule has 1 rings (SSSR count). The van der Waals surface area contributed by atoms with Gasteiger partial charge in [0.15, 0.2) is 0 Å². The Balaban J connectivity index is 2.28. The van der Waals surface area contributed by atoms with E-state index < -0.39 is 0 Å². The van der Waals surface area contributed by atoms with E-state index in [1.165, 1.54) is 0 Å². The Morgan fingerprint density at radius 2 is 2.45 bits per heavy atom. The molecule has 0 bridgehead atoms. The van der Waals surface area contributed by atoms with Gasteiger partial charge in [-0.05, 0) is 6.07 Å². The highest BCUT2D eigenvalue weighted by molar-refractivity contribution is 5.14. The summed E-state index contributed by atoms with van der Waals surface area (Å²) in [5, 5.41) is 0. The maximum atomic E-state index is 5.19. The fourth-order valence-corrected chi connectivity index (χ4v) is 0.590. The van der Waals surface area contributed by atoms with Crippen LogP contribution in [0.5, 0.6) is 5.75 Å². The van der Waals surface area contributed by atoms with Crippen LogP contribution in [-0.2, 0) is 4.74 Å². The van der Waals surface area contributed by atoms with Crippen LogP contribution in [0.1, 0.15) is 0 Å². The Morgan fingerprint density at radius 1 is 1.55 bits per heavy atom. The van der Waals surface area contributed by atoms with Gasteiger partial charge in [0.05, 0.1) is 12.7 Å². The van der Waals surface area contributed by atoms with Crippen LogP contribution in [0.4, 0.5) is 0 Å². The van der Waals surface area contributed by atoms with Crippen LogP contribution in [0.15, 0.2) is 12.3 Å². The largest absolute Gasteiger partial charge is 0.490 e. The molecule has 11 heavy (non-hydrogen) atoms. The second-order valence-corrected chi connectivity index (χ2v) is 1.89. The Kier molecular flexibility index (Phi) is 3.41. The molecule has 0 unspecified atom stereocenters. The molecule has 3 nitrogen and oxygen atoms in total. The van der Waals surface area contributed by atoms with E-state index in [9.17, 15) is 0 Å². The average molecular weight is 151 g/mol. The summed E-state index contributed by atoms with van der Waals surface area (Å²) in [5.41, 5.74) is 0. The lowest BCUT2D eigenvalue weighted by Crippen LogP contribution is -2.04. The van der Waals surface area contributed by atoms with Crippen molar-refractivity contribution in [2.75, 3.05) is 20.3 Å². The Hall–Kier alpha value is -1.09. The van der Waals surface area contributed by atoms with Gasteiger partial charge in [0, 0.05) is 13.3 Å². The number of aromatic nitrogens is 1. The van der Waals surface area contributed by atoms with Crippen LogP contribution in [0.3, 0.4) is 0 Å². The second-order valence-electron chi connectivity index (χ2n) is 1.89. The van der Waals surface area contributed by atoms with E-state index in [-0.39, 0.29) is 0 Å². The normalized spacial score (nSPS) is 9.55. The minimum atomic E-state index is 0.533. The van der Waals surface area contributed by atoms with E-state index in [1.807, 2.05) is 0 Å². The van der Waals surface area contributed by atoms with Crippen molar-refractivity contribution in [3.05, 3.63) is 24.5 Å². The molecule has 58 valence electrons. The summed E-state index contributed by atoms with van der Waals surface area (Å²) in [7, 11) is 1.63. The molecule has 0 atom stereocenters. The van der Waals surface area contributed by atoms with Gasteiger partial charge in [-0.15, -0.1) is 0 Å². The summed E-state index contributed by atoms with van der Waals surface area (Å²) >= 11 is 0. The van der Waals surface area contributed by atoms with Crippen LogP contribution in [-0.4, -0.2) is 25.3 Å². The van der Waals surface area contributed by atoms with Crippen molar-refractivity contribution in [1.82, 2.24) is 4.98 Å². The molecule has 1 aromatic heterocycles. The van der Waals surface area contributed by atoms with Gasteiger partial charge in [0.1, 0.15) is 18.6 Å². The van der Waals surface area contributed by atoms with Crippen molar-refractivity contribution in [3.63, 3.8) is 0 Å². The first kappa shape index (κ1) is 8.01. The second kappa shape index (κ2) is 4.68. The molecule has 1 heterocycles. The van der Waals surface area contributed by atoms with Crippen molar-refractivity contribution in [3.8, 4) is 5.75 Å². The van der Waals surface area contributed by atoms with Crippen LogP contribution in [0.25, 0.3) is 0 Å². The summed E-state index contributed by atoms with van der Waals surface area (Å²) in [5.74, 6) is 0.650. The molecule has 1 aromatic rings. The van der Waals surface area contributed by atoms with Crippen molar-refractivity contribution in [1.29, 1.82) is 0 Å². The molecule has 0 amide bonds. The molecular weight excluding hydrogens is 142 g/mol.